The first-order chi connectivity index (χ1) is 7.58. The van der Waals surface area contributed by atoms with E-state index in [1.165, 1.54) is 12.2 Å². The zero-order valence-electron chi connectivity index (χ0n) is 8.15. The molecule has 0 fully saturated rings. The molecule has 1 aromatic carbocycles. The number of rotatable bonds is 4. The van der Waals surface area contributed by atoms with Crippen molar-refractivity contribution in [2.45, 2.75) is 0 Å². The minimum Gasteiger partial charge on any atom is -0.259 e. The lowest BCUT2D eigenvalue weighted by Gasteiger charge is -1.93. The van der Waals surface area contributed by atoms with Crippen LogP contribution in [0.3, 0.4) is 0 Å². The van der Waals surface area contributed by atoms with Crippen LogP contribution in [-0.4, -0.2) is 9.85 Å². The summed E-state index contributed by atoms with van der Waals surface area (Å²) in [6, 6.07) is 6.55. The van der Waals surface area contributed by atoms with Gasteiger partial charge in [0.15, 0.2) is 0 Å². The highest BCUT2D eigenvalue weighted by atomic mass is 16.6. The second kappa shape index (κ2) is 5.40. The fourth-order valence-corrected chi connectivity index (χ4v) is 1.01. The summed E-state index contributed by atoms with van der Waals surface area (Å²) in [5, 5.41) is 20.1. The second-order valence-corrected chi connectivity index (χ2v) is 2.87. The van der Waals surface area contributed by atoms with Crippen LogP contribution in [0, 0.1) is 20.2 Å². The molecule has 0 spiro atoms. The number of hydrogen-bond acceptors (Lipinski definition) is 4. The summed E-state index contributed by atoms with van der Waals surface area (Å²) in [4.78, 5) is 19.0. The van der Waals surface area contributed by atoms with Crippen LogP contribution in [-0.2, 0) is 0 Å². The van der Waals surface area contributed by atoms with Gasteiger partial charge in [0, 0.05) is 12.2 Å². The van der Waals surface area contributed by atoms with Gasteiger partial charge in [-0.15, -0.1) is 0 Å². The van der Waals surface area contributed by atoms with Crippen LogP contribution >= 0.6 is 0 Å². The minimum atomic E-state index is -0.555. The van der Waals surface area contributed by atoms with Crippen LogP contribution in [0.5, 0.6) is 0 Å². The lowest BCUT2D eigenvalue weighted by molar-refractivity contribution is -0.401. The van der Waals surface area contributed by atoms with Crippen LogP contribution in [0.15, 0.2) is 36.7 Å². The molecule has 6 nitrogen and oxygen atoms in total. The SMILES string of the molecule is O=[N+]([O-])/C=C/c1ccc(/C=C/[N+](=O)[O-])cc1. The van der Waals surface area contributed by atoms with Crippen LogP contribution < -0.4 is 0 Å². The van der Waals surface area contributed by atoms with Gasteiger partial charge < -0.3 is 0 Å². The molecule has 0 bridgehead atoms. The molecular weight excluding hydrogens is 212 g/mol. The topological polar surface area (TPSA) is 86.3 Å². The minimum absolute atomic E-state index is 0.555. The van der Waals surface area contributed by atoms with Gasteiger partial charge in [-0.25, -0.2) is 0 Å². The number of hydrogen-bond donors (Lipinski definition) is 0. The van der Waals surface area contributed by atoms with E-state index in [9.17, 15) is 20.2 Å². The van der Waals surface area contributed by atoms with Gasteiger partial charge in [-0.05, 0) is 11.1 Å². The first kappa shape index (κ1) is 11.6. The lowest BCUT2D eigenvalue weighted by Crippen LogP contribution is -1.83. The normalized spacial score (nSPS) is 11.0. The first-order valence-electron chi connectivity index (χ1n) is 4.31. The zero-order valence-corrected chi connectivity index (χ0v) is 8.15. The molecule has 0 amide bonds. The maximum absolute atomic E-state index is 10.0. The standard InChI is InChI=1S/C10H8N2O4/c13-11(14)7-5-9-1-2-10(4-3-9)6-8-12(15)16/h1-8H/b7-5+,8-6+. The molecule has 0 aliphatic rings. The molecule has 0 N–H and O–H groups in total. The van der Waals surface area contributed by atoms with Crippen molar-refractivity contribution in [2.75, 3.05) is 0 Å². The molecule has 1 aromatic rings. The van der Waals surface area contributed by atoms with Crippen molar-refractivity contribution in [3.8, 4) is 0 Å². The summed E-state index contributed by atoms with van der Waals surface area (Å²) in [7, 11) is 0. The predicted octanol–water partition coefficient (Wildman–Crippen LogP) is 2.18. The summed E-state index contributed by atoms with van der Waals surface area (Å²) in [5.74, 6) is 0. The van der Waals surface area contributed by atoms with Gasteiger partial charge in [-0.2, -0.15) is 0 Å². The third kappa shape index (κ3) is 4.14. The smallest absolute Gasteiger partial charge is 0.235 e. The average Bonchev–Trinajstić information content (AvgIpc) is 2.25. The molecule has 16 heavy (non-hydrogen) atoms. The van der Waals surface area contributed by atoms with E-state index in [-0.39, 0.29) is 0 Å². The quantitative estimate of drug-likeness (QED) is 0.574. The molecule has 0 heterocycles. The van der Waals surface area contributed by atoms with Crippen LogP contribution in [0.1, 0.15) is 11.1 Å². The highest BCUT2D eigenvalue weighted by Gasteiger charge is 1.92. The largest absolute Gasteiger partial charge is 0.259 e. The third-order valence-corrected chi connectivity index (χ3v) is 1.71. The van der Waals surface area contributed by atoms with Gasteiger partial charge >= 0.3 is 0 Å². The summed E-state index contributed by atoms with van der Waals surface area (Å²) in [5.41, 5.74) is 1.32. The summed E-state index contributed by atoms with van der Waals surface area (Å²) < 4.78 is 0. The number of nitrogens with zero attached hydrogens (tertiary/aromatic N) is 2. The Morgan fingerprint density at radius 2 is 1.12 bits per heavy atom. The van der Waals surface area contributed by atoms with Crippen LogP contribution in [0.25, 0.3) is 12.2 Å². The molecule has 1 rings (SSSR count). The molecule has 0 radical (unpaired) electrons. The molecular formula is C10H8N2O4. The number of benzene rings is 1. The Labute approximate surface area is 90.8 Å². The molecule has 0 atom stereocenters. The van der Waals surface area contributed by atoms with Gasteiger partial charge in [-0.1, -0.05) is 24.3 Å². The Kier molecular flexibility index (Phi) is 3.90. The van der Waals surface area contributed by atoms with Crippen LogP contribution in [0.2, 0.25) is 0 Å². The third-order valence-electron chi connectivity index (χ3n) is 1.71. The summed E-state index contributed by atoms with van der Waals surface area (Å²) in [6.45, 7) is 0. The van der Waals surface area contributed by atoms with Crippen molar-refractivity contribution in [3.05, 3.63) is 68.0 Å². The Hall–Kier alpha value is -2.50. The fourth-order valence-electron chi connectivity index (χ4n) is 1.01. The van der Waals surface area contributed by atoms with Crippen molar-refractivity contribution in [1.82, 2.24) is 0 Å². The molecule has 0 saturated carbocycles. The maximum atomic E-state index is 10.0. The van der Waals surface area contributed by atoms with E-state index in [1.54, 1.807) is 24.3 Å². The molecule has 0 saturated heterocycles. The van der Waals surface area contributed by atoms with Gasteiger partial charge in [-0.3, -0.25) is 20.2 Å². The van der Waals surface area contributed by atoms with E-state index in [1.807, 2.05) is 0 Å². The Balaban J connectivity index is 2.75. The van der Waals surface area contributed by atoms with Crippen molar-refractivity contribution in [2.24, 2.45) is 0 Å². The van der Waals surface area contributed by atoms with E-state index in [2.05, 4.69) is 0 Å². The summed E-state index contributed by atoms with van der Waals surface area (Å²) >= 11 is 0. The first-order valence-corrected chi connectivity index (χ1v) is 4.31. The van der Waals surface area contributed by atoms with Gasteiger partial charge in [0.2, 0.25) is 12.4 Å². The molecule has 0 aliphatic carbocycles. The van der Waals surface area contributed by atoms with Gasteiger partial charge in [0.05, 0.1) is 9.85 Å². The Bertz CT molecular complexity index is 405. The highest BCUT2D eigenvalue weighted by molar-refractivity contribution is 5.54. The average molecular weight is 220 g/mol. The fraction of sp³-hybridized carbons (Fsp3) is 0. The monoisotopic (exact) mass is 220 g/mol. The van der Waals surface area contributed by atoms with E-state index in [0.717, 1.165) is 12.4 Å². The maximum Gasteiger partial charge on any atom is 0.235 e. The van der Waals surface area contributed by atoms with Gasteiger partial charge in [0.1, 0.15) is 0 Å². The van der Waals surface area contributed by atoms with E-state index in [4.69, 9.17) is 0 Å². The predicted molar refractivity (Wildman–Crippen MR) is 58.5 cm³/mol. The Morgan fingerprint density at radius 3 is 1.38 bits per heavy atom. The zero-order chi connectivity index (χ0) is 12.0. The number of nitro groups is 2. The molecule has 6 heteroatoms. The Morgan fingerprint density at radius 1 is 0.812 bits per heavy atom. The lowest BCUT2D eigenvalue weighted by atomic mass is 10.1. The van der Waals surface area contributed by atoms with E-state index in [0.29, 0.717) is 11.1 Å². The van der Waals surface area contributed by atoms with E-state index >= 15 is 0 Å². The van der Waals surface area contributed by atoms with Crippen molar-refractivity contribution in [1.29, 1.82) is 0 Å². The molecule has 0 unspecified atom stereocenters. The molecule has 0 aliphatic heterocycles. The highest BCUT2D eigenvalue weighted by Crippen LogP contribution is 2.07. The van der Waals surface area contributed by atoms with Crippen LogP contribution in [0.4, 0.5) is 0 Å². The van der Waals surface area contributed by atoms with Crippen molar-refractivity contribution < 1.29 is 9.85 Å². The van der Waals surface area contributed by atoms with E-state index < -0.39 is 9.85 Å². The summed E-state index contributed by atoms with van der Waals surface area (Å²) in [6.07, 6.45) is 4.37. The second-order valence-electron chi connectivity index (χ2n) is 2.87. The molecule has 0 aromatic heterocycles. The van der Waals surface area contributed by atoms with Crippen molar-refractivity contribution in [3.63, 3.8) is 0 Å². The molecule has 82 valence electrons. The van der Waals surface area contributed by atoms with Crippen molar-refractivity contribution >= 4 is 12.2 Å². The van der Waals surface area contributed by atoms with Gasteiger partial charge in [0.25, 0.3) is 0 Å².